The quantitative estimate of drug-likeness (QED) is 0.858. The van der Waals surface area contributed by atoms with Gasteiger partial charge in [0.1, 0.15) is 19.3 Å². The summed E-state index contributed by atoms with van der Waals surface area (Å²) in [6.07, 6.45) is 0.108. The van der Waals surface area contributed by atoms with E-state index in [0.717, 1.165) is 0 Å². The molecule has 2 amide bonds. The third-order valence-corrected chi connectivity index (χ3v) is 4.37. The number of hydrogen-bond acceptors (Lipinski definition) is 5. The van der Waals surface area contributed by atoms with Gasteiger partial charge in [-0.3, -0.25) is 9.59 Å². The first-order valence-electron chi connectivity index (χ1n) is 8.28. The van der Waals surface area contributed by atoms with Crippen molar-refractivity contribution in [3.63, 3.8) is 0 Å². The second-order valence-electron chi connectivity index (χ2n) is 6.01. The summed E-state index contributed by atoms with van der Waals surface area (Å²) in [7, 11) is 0. The minimum Gasteiger partial charge on any atom is -0.486 e. The first-order valence-corrected chi connectivity index (χ1v) is 8.66. The summed E-state index contributed by atoms with van der Waals surface area (Å²) >= 11 is 6.18. The summed E-state index contributed by atoms with van der Waals surface area (Å²) in [6, 6.07) is 2.84. The maximum atomic E-state index is 12.3. The number of nitrogens with zero attached hydrogens (tertiary/aromatic N) is 1. The molecule has 0 radical (unpaired) electrons. The van der Waals surface area contributed by atoms with Crippen LogP contribution in [0.3, 0.4) is 0 Å². The first-order chi connectivity index (χ1) is 12.0. The minimum atomic E-state index is -0.585. The van der Waals surface area contributed by atoms with Crippen LogP contribution < -0.4 is 14.8 Å². The Morgan fingerprint density at radius 1 is 1.20 bits per heavy atom. The Morgan fingerprint density at radius 2 is 1.92 bits per heavy atom. The maximum Gasteiger partial charge on any atom is 0.245 e. The van der Waals surface area contributed by atoms with E-state index >= 15 is 0 Å². The molecule has 1 N–H and O–H groups in total. The molecule has 0 aromatic heterocycles. The molecule has 1 fully saturated rings. The van der Waals surface area contributed by atoms with Crippen LogP contribution in [-0.4, -0.2) is 62.3 Å². The van der Waals surface area contributed by atoms with Crippen LogP contribution in [0, 0.1) is 0 Å². The highest BCUT2D eigenvalue weighted by Gasteiger charge is 2.24. The van der Waals surface area contributed by atoms with Crippen molar-refractivity contribution in [3.05, 3.63) is 22.7 Å². The molecule has 2 aliphatic rings. The third kappa shape index (κ3) is 4.35. The predicted octanol–water partition coefficient (Wildman–Crippen LogP) is 1.02. The Kier molecular flexibility index (Phi) is 5.65. The van der Waals surface area contributed by atoms with Gasteiger partial charge in [0, 0.05) is 13.1 Å². The standard InChI is InChI=1S/C17H21ClN2O5/c1-11(17(22)20-2-4-23-5-3-20)19-15(21)10-12-8-13(18)16-14(9-12)24-6-7-25-16/h8-9,11H,2-7,10H2,1H3,(H,19,21)/t11-/m1/s1. The number of rotatable bonds is 4. The largest absolute Gasteiger partial charge is 0.486 e. The average molecular weight is 369 g/mol. The van der Waals surface area contributed by atoms with E-state index < -0.39 is 6.04 Å². The van der Waals surface area contributed by atoms with Gasteiger partial charge in [0.15, 0.2) is 11.5 Å². The second kappa shape index (κ2) is 7.93. The van der Waals surface area contributed by atoms with E-state index in [-0.39, 0.29) is 18.2 Å². The number of carbonyl (C=O) groups excluding carboxylic acids is 2. The summed E-state index contributed by atoms with van der Waals surface area (Å²) in [4.78, 5) is 26.3. The summed E-state index contributed by atoms with van der Waals surface area (Å²) < 4.78 is 16.2. The fraction of sp³-hybridized carbons (Fsp3) is 0.529. The zero-order valence-electron chi connectivity index (χ0n) is 14.0. The van der Waals surface area contributed by atoms with Gasteiger partial charge < -0.3 is 24.4 Å². The second-order valence-corrected chi connectivity index (χ2v) is 6.41. The summed E-state index contributed by atoms with van der Waals surface area (Å²) in [6.45, 7) is 4.75. The molecule has 0 bridgehead atoms. The van der Waals surface area contributed by atoms with Crippen LogP contribution in [0.4, 0.5) is 0 Å². The van der Waals surface area contributed by atoms with Gasteiger partial charge in [-0.15, -0.1) is 0 Å². The number of benzene rings is 1. The van der Waals surface area contributed by atoms with E-state index in [1.165, 1.54) is 0 Å². The minimum absolute atomic E-state index is 0.100. The Hall–Kier alpha value is -1.99. The molecule has 136 valence electrons. The van der Waals surface area contributed by atoms with Crippen molar-refractivity contribution in [3.8, 4) is 11.5 Å². The van der Waals surface area contributed by atoms with Gasteiger partial charge in [-0.25, -0.2) is 0 Å². The molecular weight excluding hydrogens is 348 g/mol. The van der Waals surface area contributed by atoms with Crippen LogP contribution in [-0.2, 0) is 20.7 Å². The molecule has 3 rings (SSSR count). The molecule has 1 saturated heterocycles. The van der Waals surface area contributed by atoms with Crippen LogP contribution in [0.5, 0.6) is 11.5 Å². The lowest BCUT2D eigenvalue weighted by atomic mass is 10.1. The van der Waals surface area contributed by atoms with E-state index in [1.54, 1.807) is 24.0 Å². The van der Waals surface area contributed by atoms with Crippen molar-refractivity contribution in [2.45, 2.75) is 19.4 Å². The fourth-order valence-corrected chi connectivity index (χ4v) is 3.15. The van der Waals surface area contributed by atoms with Crippen molar-refractivity contribution in [1.29, 1.82) is 0 Å². The molecule has 1 atom stereocenters. The molecule has 0 aliphatic carbocycles. The smallest absolute Gasteiger partial charge is 0.245 e. The van der Waals surface area contributed by atoms with E-state index in [0.29, 0.717) is 61.6 Å². The molecule has 8 heteroatoms. The first kappa shape index (κ1) is 17.8. The van der Waals surface area contributed by atoms with Gasteiger partial charge >= 0.3 is 0 Å². The number of carbonyl (C=O) groups is 2. The number of ether oxygens (including phenoxy) is 3. The van der Waals surface area contributed by atoms with Crippen LogP contribution in [0.15, 0.2) is 12.1 Å². The zero-order valence-corrected chi connectivity index (χ0v) is 14.8. The molecule has 0 unspecified atom stereocenters. The zero-order chi connectivity index (χ0) is 17.8. The van der Waals surface area contributed by atoms with E-state index in [9.17, 15) is 9.59 Å². The highest BCUT2D eigenvalue weighted by Crippen LogP contribution is 2.38. The number of nitrogens with one attached hydrogen (secondary N) is 1. The lowest BCUT2D eigenvalue weighted by Gasteiger charge is -2.29. The third-order valence-electron chi connectivity index (χ3n) is 4.09. The topological polar surface area (TPSA) is 77.1 Å². The molecule has 2 heterocycles. The highest BCUT2D eigenvalue weighted by molar-refractivity contribution is 6.32. The van der Waals surface area contributed by atoms with Gasteiger partial charge in [0.05, 0.1) is 24.7 Å². The summed E-state index contributed by atoms with van der Waals surface area (Å²) in [5.41, 5.74) is 0.706. The maximum absolute atomic E-state index is 12.3. The van der Waals surface area contributed by atoms with Gasteiger partial charge in [0.25, 0.3) is 0 Å². The van der Waals surface area contributed by atoms with Gasteiger partial charge in [0.2, 0.25) is 11.8 Å². The number of hydrogen-bond donors (Lipinski definition) is 1. The molecular formula is C17H21ClN2O5. The van der Waals surface area contributed by atoms with Gasteiger partial charge in [-0.2, -0.15) is 0 Å². The Bertz CT molecular complexity index is 661. The van der Waals surface area contributed by atoms with Crippen LogP contribution in [0.25, 0.3) is 0 Å². The van der Waals surface area contributed by atoms with Crippen LogP contribution in [0.1, 0.15) is 12.5 Å². The van der Waals surface area contributed by atoms with Gasteiger partial charge in [-0.05, 0) is 24.6 Å². The molecule has 1 aromatic carbocycles. The number of morpholine rings is 1. The lowest BCUT2D eigenvalue weighted by Crippen LogP contribution is -2.50. The van der Waals surface area contributed by atoms with Gasteiger partial charge in [-0.1, -0.05) is 11.6 Å². The summed E-state index contributed by atoms with van der Waals surface area (Å²) in [5.74, 6) is 0.700. The van der Waals surface area contributed by atoms with E-state index in [4.69, 9.17) is 25.8 Å². The molecule has 1 aromatic rings. The van der Waals surface area contributed by atoms with Crippen molar-refractivity contribution in [1.82, 2.24) is 10.2 Å². The summed E-state index contributed by atoms with van der Waals surface area (Å²) in [5, 5.41) is 3.15. The lowest BCUT2D eigenvalue weighted by molar-refractivity contribution is -0.139. The SMILES string of the molecule is C[C@@H](NC(=O)Cc1cc(Cl)c2c(c1)OCCO2)C(=O)N1CCOCC1. The van der Waals surface area contributed by atoms with Crippen molar-refractivity contribution < 1.29 is 23.8 Å². The number of halogens is 1. The van der Waals surface area contributed by atoms with Crippen molar-refractivity contribution >= 4 is 23.4 Å². The average Bonchev–Trinajstić information content (AvgIpc) is 2.61. The van der Waals surface area contributed by atoms with Crippen LogP contribution >= 0.6 is 11.6 Å². The fourth-order valence-electron chi connectivity index (χ4n) is 2.86. The molecule has 0 saturated carbocycles. The monoisotopic (exact) mass is 368 g/mol. The van der Waals surface area contributed by atoms with Crippen molar-refractivity contribution in [2.24, 2.45) is 0 Å². The predicted molar refractivity (Wildman–Crippen MR) is 91.1 cm³/mol. The molecule has 0 spiro atoms. The molecule has 2 aliphatic heterocycles. The van der Waals surface area contributed by atoms with Crippen molar-refractivity contribution in [2.75, 3.05) is 39.5 Å². The Labute approximate surface area is 151 Å². The number of fused-ring (bicyclic) bond motifs is 1. The van der Waals surface area contributed by atoms with E-state index in [2.05, 4.69) is 5.32 Å². The van der Waals surface area contributed by atoms with E-state index in [1.807, 2.05) is 0 Å². The number of amides is 2. The highest BCUT2D eigenvalue weighted by atomic mass is 35.5. The molecule has 25 heavy (non-hydrogen) atoms. The Balaban J connectivity index is 1.58. The normalized spacial score (nSPS) is 17.8. The Morgan fingerprint density at radius 3 is 2.68 bits per heavy atom. The molecule has 7 nitrogen and oxygen atoms in total. The van der Waals surface area contributed by atoms with Crippen LogP contribution in [0.2, 0.25) is 5.02 Å².